The zero-order chi connectivity index (χ0) is 16.3. The molecule has 6 heteroatoms. The van der Waals surface area contributed by atoms with Crippen LogP contribution in [0.3, 0.4) is 0 Å². The maximum atomic E-state index is 12.4. The number of benzene rings is 1. The Morgan fingerprint density at radius 1 is 1.32 bits per heavy atom. The van der Waals surface area contributed by atoms with E-state index in [1.807, 2.05) is 37.3 Å². The highest BCUT2D eigenvalue weighted by Gasteiger charge is 2.21. The van der Waals surface area contributed by atoms with Crippen LogP contribution in [-0.4, -0.2) is 45.3 Å². The number of carbonyl (C=O) groups excluding carboxylic acids is 1. The van der Waals surface area contributed by atoms with Gasteiger partial charge in [-0.1, -0.05) is 25.1 Å². The number of carboxylic acids is 1. The van der Waals surface area contributed by atoms with Gasteiger partial charge in [-0.05, 0) is 25.1 Å². The fourth-order valence-corrected chi connectivity index (χ4v) is 2.18. The van der Waals surface area contributed by atoms with Crippen LogP contribution in [0.5, 0.6) is 0 Å². The van der Waals surface area contributed by atoms with Crippen molar-refractivity contribution in [3.05, 3.63) is 47.8 Å². The fourth-order valence-electron chi connectivity index (χ4n) is 2.18. The maximum Gasteiger partial charge on any atom is 0.308 e. The van der Waals surface area contributed by atoms with Gasteiger partial charge in [0.25, 0.3) is 5.91 Å². The van der Waals surface area contributed by atoms with Crippen molar-refractivity contribution in [2.75, 3.05) is 13.6 Å². The molecule has 0 aliphatic rings. The Balaban J connectivity index is 2.20. The molecule has 1 N–H and O–H groups in total. The Labute approximate surface area is 129 Å². The molecule has 0 saturated carbocycles. The average molecular weight is 301 g/mol. The van der Waals surface area contributed by atoms with E-state index in [-0.39, 0.29) is 12.5 Å². The van der Waals surface area contributed by atoms with E-state index in [0.717, 1.165) is 11.4 Å². The summed E-state index contributed by atoms with van der Waals surface area (Å²) in [7, 11) is 1.58. The molecule has 1 heterocycles. The number of nitrogens with zero attached hydrogens (tertiary/aromatic N) is 3. The lowest BCUT2D eigenvalue weighted by Gasteiger charge is -2.18. The first-order valence-electron chi connectivity index (χ1n) is 7.00. The molecule has 0 fully saturated rings. The number of aliphatic carboxylic acids is 1. The zero-order valence-corrected chi connectivity index (χ0v) is 12.9. The molecule has 0 aliphatic carbocycles. The molecule has 2 rings (SSSR count). The van der Waals surface area contributed by atoms with E-state index in [1.165, 1.54) is 4.90 Å². The summed E-state index contributed by atoms with van der Waals surface area (Å²) in [6, 6.07) is 11.2. The van der Waals surface area contributed by atoms with Gasteiger partial charge in [-0.2, -0.15) is 5.10 Å². The lowest BCUT2D eigenvalue weighted by atomic mass is 10.1. The van der Waals surface area contributed by atoms with Crippen molar-refractivity contribution in [1.82, 2.24) is 14.7 Å². The molecule has 0 radical (unpaired) electrons. The molecule has 0 aliphatic heterocycles. The zero-order valence-electron chi connectivity index (χ0n) is 12.9. The van der Waals surface area contributed by atoms with E-state index in [0.29, 0.717) is 5.69 Å². The van der Waals surface area contributed by atoms with E-state index in [9.17, 15) is 9.59 Å². The van der Waals surface area contributed by atoms with Crippen molar-refractivity contribution in [1.29, 1.82) is 0 Å². The number of hydrogen-bond donors (Lipinski definition) is 1. The number of para-hydroxylation sites is 1. The fraction of sp³-hybridized carbons (Fsp3) is 0.312. The van der Waals surface area contributed by atoms with Crippen molar-refractivity contribution in [3.63, 3.8) is 0 Å². The van der Waals surface area contributed by atoms with Crippen molar-refractivity contribution in [2.24, 2.45) is 5.92 Å². The van der Waals surface area contributed by atoms with Crippen LogP contribution >= 0.6 is 0 Å². The molecule has 0 bridgehead atoms. The van der Waals surface area contributed by atoms with Crippen LogP contribution in [0.25, 0.3) is 5.69 Å². The molecular formula is C16H19N3O3. The van der Waals surface area contributed by atoms with Gasteiger partial charge >= 0.3 is 5.97 Å². The second kappa shape index (κ2) is 6.43. The molecule has 1 aromatic carbocycles. The first-order chi connectivity index (χ1) is 10.4. The SMILES string of the molecule is Cc1cc(C(=O)N(C)CC(C)C(=O)O)nn1-c1ccccc1. The molecular weight excluding hydrogens is 282 g/mol. The van der Waals surface area contributed by atoms with Gasteiger partial charge in [0.15, 0.2) is 5.69 Å². The Bertz CT molecular complexity index is 679. The summed E-state index contributed by atoms with van der Waals surface area (Å²) in [4.78, 5) is 24.6. The Morgan fingerprint density at radius 2 is 1.95 bits per heavy atom. The molecule has 2 aromatic rings. The van der Waals surface area contributed by atoms with Crippen LogP contribution in [0.15, 0.2) is 36.4 Å². The van der Waals surface area contributed by atoms with Crippen molar-refractivity contribution in [2.45, 2.75) is 13.8 Å². The summed E-state index contributed by atoms with van der Waals surface area (Å²) >= 11 is 0. The van der Waals surface area contributed by atoms with Gasteiger partial charge in [0, 0.05) is 19.3 Å². The first kappa shape index (κ1) is 15.8. The lowest BCUT2D eigenvalue weighted by molar-refractivity contribution is -0.141. The molecule has 1 unspecified atom stereocenters. The summed E-state index contributed by atoms with van der Waals surface area (Å²) in [6.07, 6.45) is 0. The largest absolute Gasteiger partial charge is 0.481 e. The van der Waals surface area contributed by atoms with E-state index in [4.69, 9.17) is 5.11 Å². The number of aryl methyl sites for hydroxylation is 1. The third-order valence-electron chi connectivity index (χ3n) is 3.42. The Kier molecular flexibility index (Phi) is 4.60. The van der Waals surface area contributed by atoms with Gasteiger partial charge in [-0.15, -0.1) is 0 Å². The van der Waals surface area contributed by atoms with Gasteiger partial charge in [0.05, 0.1) is 11.6 Å². The van der Waals surface area contributed by atoms with Crippen LogP contribution < -0.4 is 0 Å². The van der Waals surface area contributed by atoms with Gasteiger partial charge in [0.2, 0.25) is 0 Å². The molecule has 0 spiro atoms. The van der Waals surface area contributed by atoms with Gasteiger partial charge in [-0.3, -0.25) is 9.59 Å². The monoisotopic (exact) mass is 301 g/mol. The number of carboxylic acid groups (broad SMARTS) is 1. The minimum absolute atomic E-state index is 0.144. The predicted octanol–water partition coefficient (Wildman–Crippen LogP) is 1.97. The highest BCUT2D eigenvalue weighted by atomic mass is 16.4. The molecule has 1 aromatic heterocycles. The second-order valence-electron chi connectivity index (χ2n) is 5.34. The van der Waals surface area contributed by atoms with E-state index in [1.54, 1.807) is 24.7 Å². The summed E-state index contributed by atoms with van der Waals surface area (Å²) in [5, 5.41) is 13.3. The van der Waals surface area contributed by atoms with Gasteiger partial charge < -0.3 is 10.0 Å². The van der Waals surface area contributed by atoms with Crippen LogP contribution in [0.4, 0.5) is 0 Å². The number of amides is 1. The van der Waals surface area contributed by atoms with E-state index >= 15 is 0 Å². The highest BCUT2D eigenvalue weighted by molar-refractivity contribution is 5.92. The Hall–Kier alpha value is -2.63. The summed E-state index contributed by atoms with van der Waals surface area (Å²) in [5.74, 6) is -1.83. The molecule has 22 heavy (non-hydrogen) atoms. The molecule has 0 saturated heterocycles. The molecule has 116 valence electrons. The highest BCUT2D eigenvalue weighted by Crippen LogP contribution is 2.13. The minimum Gasteiger partial charge on any atom is -0.481 e. The van der Waals surface area contributed by atoms with Crippen molar-refractivity contribution >= 4 is 11.9 Å². The van der Waals surface area contributed by atoms with Crippen LogP contribution in [0.1, 0.15) is 23.1 Å². The number of aromatic nitrogens is 2. The van der Waals surface area contributed by atoms with E-state index in [2.05, 4.69) is 5.10 Å². The minimum atomic E-state index is -0.925. The summed E-state index contributed by atoms with van der Waals surface area (Å²) in [6.45, 7) is 3.59. The van der Waals surface area contributed by atoms with E-state index < -0.39 is 11.9 Å². The smallest absolute Gasteiger partial charge is 0.308 e. The van der Waals surface area contributed by atoms with Gasteiger partial charge in [-0.25, -0.2) is 4.68 Å². The van der Waals surface area contributed by atoms with Crippen molar-refractivity contribution in [3.8, 4) is 5.69 Å². The number of rotatable bonds is 5. The third kappa shape index (κ3) is 3.33. The average Bonchev–Trinajstić information content (AvgIpc) is 2.89. The van der Waals surface area contributed by atoms with Gasteiger partial charge in [0.1, 0.15) is 0 Å². The summed E-state index contributed by atoms with van der Waals surface area (Å²) < 4.78 is 1.70. The lowest BCUT2D eigenvalue weighted by Crippen LogP contribution is -2.34. The maximum absolute atomic E-state index is 12.4. The Morgan fingerprint density at radius 3 is 2.55 bits per heavy atom. The number of carbonyl (C=O) groups is 2. The quantitative estimate of drug-likeness (QED) is 0.916. The topological polar surface area (TPSA) is 75.4 Å². The van der Waals surface area contributed by atoms with Crippen LogP contribution in [0.2, 0.25) is 0 Å². The molecule has 1 atom stereocenters. The standard InChI is InChI=1S/C16H19N3O3/c1-11(16(21)22)10-18(3)15(20)14-9-12(2)19(17-14)13-7-5-4-6-8-13/h4-9,11H,10H2,1-3H3,(H,21,22). The normalized spacial score (nSPS) is 12.0. The van der Waals surface area contributed by atoms with Crippen molar-refractivity contribution < 1.29 is 14.7 Å². The molecule has 1 amide bonds. The number of hydrogen-bond acceptors (Lipinski definition) is 3. The van der Waals surface area contributed by atoms with Crippen LogP contribution in [0, 0.1) is 12.8 Å². The second-order valence-corrected chi connectivity index (χ2v) is 5.34. The third-order valence-corrected chi connectivity index (χ3v) is 3.42. The first-order valence-corrected chi connectivity index (χ1v) is 7.00. The predicted molar refractivity (Wildman–Crippen MR) is 82.1 cm³/mol. The summed E-state index contributed by atoms with van der Waals surface area (Å²) in [5.41, 5.74) is 2.02. The molecule has 6 nitrogen and oxygen atoms in total. The van der Waals surface area contributed by atoms with Crippen LogP contribution in [-0.2, 0) is 4.79 Å².